The molecule has 0 heterocycles. The molecule has 2 nitrogen and oxygen atoms in total. The lowest BCUT2D eigenvalue weighted by Gasteiger charge is -1.92. The van der Waals surface area contributed by atoms with Gasteiger partial charge in [-0.15, -0.1) is 0 Å². The molecule has 0 spiro atoms. The van der Waals surface area contributed by atoms with Gasteiger partial charge in [0.2, 0.25) is 5.92 Å². The first-order valence-electron chi connectivity index (χ1n) is 4.61. The van der Waals surface area contributed by atoms with Gasteiger partial charge in [0.05, 0.1) is 23.1 Å². The molecule has 0 radical (unpaired) electrons. The lowest BCUT2D eigenvalue weighted by Crippen LogP contribution is -2.08. The maximum absolute atomic E-state index is 10.9. The molecule has 0 unspecified atom stereocenters. The summed E-state index contributed by atoms with van der Waals surface area (Å²) in [7, 11) is 0. The molecule has 0 atom stereocenters. The standard InChI is InChI=1S/C6H11O2/c1-4-8-6(7)5(2)3/h4H2,1-3H3/q+1/i1D3,4D2. The van der Waals surface area contributed by atoms with Crippen molar-refractivity contribution in [2.75, 3.05) is 6.56 Å². The zero-order chi connectivity index (χ0) is 10.9. The van der Waals surface area contributed by atoms with E-state index in [4.69, 9.17) is 6.85 Å². The number of ether oxygens (including phenoxy) is 1. The van der Waals surface area contributed by atoms with Crippen LogP contribution in [-0.2, 0) is 9.53 Å². The van der Waals surface area contributed by atoms with Gasteiger partial charge in [-0.3, -0.25) is 0 Å². The molecule has 0 bridgehead atoms. The Morgan fingerprint density at radius 3 is 3.00 bits per heavy atom. The Morgan fingerprint density at radius 2 is 2.62 bits per heavy atom. The highest BCUT2D eigenvalue weighted by atomic mass is 16.5. The summed E-state index contributed by atoms with van der Waals surface area (Å²) < 4.78 is 38.3. The lowest BCUT2D eigenvalue weighted by atomic mass is 10.2. The highest BCUT2D eigenvalue weighted by Crippen LogP contribution is 1.96. The molecule has 0 N–H and O–H groups in total. The van der Waals surface area contributed by atoms with E-state index in [2.05, 4.69) is 4.74 Å². The average Bonchev–Trinajstić information content (AvgIpc) is 1.83. The largest absolute Gasteiger partial charge is 0.498 e. The molecular formula is C6H11O2+. The van der Waals surface area contributed by atoms with Gasteiger partial charge in [0.1, 0.15) is 0 Å². The SMILES string of the molecule is [2H]C([2H])([2H])C([2H])([2H])OC(=O)[C+](C)C. The third-order valence-corrected chi connectivity index (χ3v) is 0.552. The average molecular weight is 120 g/mol. The highest BCUT2D eigenvalue weighted by Gasteiger charge is 2.19. The molecule has 0 rings (SSSR count). The first-order valence-corrected chi connectivity index (χ1v) is 2.11. The number of hydrogen-bond acceptors (Lipinski definition) is 2. The van der Waals surface area contributed by atoms with Crippen molar-refractivity contribution in [2.45, 2.75) is 20.7 Å². The Balaban J connectivity index is 4.44. The minimum Gasteiger partial charge on any atom is -0.430 e. The summed E-state index contributed by atoms with van der Waals surface area (Å²) in [4.78, 5) is 10.9. The predicted octanol–water partition coefficient (Wildman–Crippen LogP) is 1.16. The zero-order valence-electron chi connectivity index (χ0n) is 9.82. The van der Waals surface area contributed by atoms with Crippen LogP contribution in [0.4, 0.5) is 0 Å². The van der Waals surface area contributed by atoms with E-state index in [1.165, 1.54) is 13.8 Å². The second-order valence-electron chi connectivity index (χ2n) is 1.49. The van der Waals surface area contributed by atoms with Crippen LogP contribution in [0.1, 0.15) is 27.6 Å². The van der Waals surface area contributed by atoms with Gasteiger partial charge in [-0.2, -0.15) is 4.79 Å². The van der Waals surface area contributed by atoms with Crippen LogP contribution in [0, 0.1) is 5.92 Å². The maximum atomic E-state index is 10.9. The van der Waals surface area contributed by atoms with Gasteiger partial charge in [0, 0.05) is 4.11 Å². The van der Waals surface area contributed by atoms with E-state index in [9.17, 15) is 4.79 Å². The summed E-state index contributed by atoms with van der Waals surface area (Å²) in [5, 5.41) is 0. The van der Waals surface area contributed by atoms with Gasteiger partial charge >= 0.3 is 5.97 Å². The number of esters is 1. The van der Waals surface area contributed by atoms with Crippen LogP contribution in [0.2, 0.25) is 0 Å². The molecule has 0 amide bonds. The molecule has 0 aromatic heterocycles. The lowest BCUT2D eigenvalue weighted by molar-refractivity contribution is -0.140. The van der Waals surface area contributed by atoms with Gasteiger partial charge in [-0.1, -0.05) is 0 Å². The fourth-order valence-corrected chi connectivity index (χ4v) is 0.148. The summed E-state index contributed by atoms with van der Waals surface area (Å²) in [5.41, 5.74) is 0. The molecule has 46 valence electrons. The van der Waals surface area contributed by atoms with E-state index in [1.807, 2.05) is 0 Å². The summed E-state index contributed by atoms with van der Waals surface area (Å²) >= 11 is 0. The maximum Gasteiger partial charge on any atom is 0.498 e. The fourth-order valence-electron chi connectivity index (χ4n) is 0.148. The van der Waals surface area contributed by atoms with E-state index in [0.717, 1.165) is 0 Å². The Labute approximate surface area is 56.9 Å². The van der Waals surface area contributed by atoms with Crippen LogP contribution in [0.3, 0.4) is 0 Å². The highest BCUT2D eigenvalue weighted by molar-refractivity contribution is 5.83. The minimum atomic E-state index is -2.96. The molecule has 0 aromatic rings. The van der Waals surface area contributed by atoms with Gasteiger partial charge in [-0.25, -0.2) is 0 Å². The van der Waals surface area contributed by atoms with Crippen molar-refractivity contribution in [1.82, 2.24) is 0 Å². The number of hydrogen-bond donors (Lipinski definition) is 0. The fraction of sp³-hybridized carbons (Fsp3) is 0.667. The van der Waals surface area contributed by atoms with E-state index >= 15 is 0 Å². The summed E-state index contributed by atoms with van der Waals surface area (Å²) in [6.07, 6.45) is 0. The van der Waals surface area contributed by atoms with E-state index in [0.29, 0.717) is 0 Å². The molecule has 2 heteroatoms. The zero-order valence-corrected chi connectivity index (χ0v) is 4.82. The topological polar surface area (TPSA) is 26.3 Å². The van der Waals surface area contributed by atoms with Crippen molar-refractivity contribution in [3.63, 3.8) is 0 Å². The van der Waals surface area contributed by atoms with Gasteiger partial charge in [0.15, 0.2) is 0 Å². The van der Waals surface area contributed by atoms with Gasteiger partial charge in [0.25, 0.3) is 0 Å². The first kappa shape index (κ1) is 2.29. The third kappa shape index (κ3) is 2.50. The van der Waals surface area contributed by atoms with Crippen molar-refractivity contribution in [1.29, 1.82) is 0 Å². The molecule has 0 aliphatic heterocycles. The number of rotatable bonds is 2. The van der Waals surface area contributed by atoms with Crippen molar-refractivity contribution in [3.8, 4) is 0 Å². The van der Waals surface area contributed by atoms with Crippen LogP contribution >= 0.6 is 0 Å². The van der Waals surface area contributed by atoms with Crippen LogP contribution in [0.5, 0.6) is 0 Å². The molecule has 0 saturated heterocycles. The normalized spacial score (nSPS) is 21.0. The summed E-state index contributed by atoms with van der Waals surface area (Å²) in [6.45, 7) is -3.06. The van der Waals surface area contributed by atoms with Crippen molar-refractivity contribution >= 4 is 5.97 Å². The third-order valence-electron chi connectivity index (χ3n) is 0.552. The monoisotopic (exact) mass is 120 g/mol. The van der Waals surface area contributed by atoms with E-state index < -0.39 is 19.4 Å². The molecule has 8 heavy (non-hydrogen) atoms. The smallest absolute Gasteiger partial charge is 0.430 e. The van der Waals surface area contributed by atoms with Crippen LogP contribution in [0.15, 0.2) is 0 Å². The number of carbonyl (C=O) groups is 1. The van der Waals surface area contributed by atoms with Crippen molar-refractivity contribution in [3.05, 3.63) is 5.92 Å². The Kier molecular flexibility index (Phi) is 0.962. The van der Waals surface area contributed by atoms with Crippen molar-refractivity contribution in [2.24, 2.45) is 0 Å². The van der Waals surface area contributed by atoms with Crippen molar-refractivity contribution < 1.29 is 16.4 Å². The predicted molar refractivity (Wildman–Crippen MR) is 31.2 cm³/mol. The molecule has 0 saturated carbocycles. The Hall–Kier alpha value is -0.660. The van der Waals surface area contributed by atoms with E-state index in [-0.39, 0.29) is 5.92 Å². The summed E-state index contributed by atoms with van der Waals surface area (Å²) in [5.74, 6) is -0.741. The van der Waals surface area contributed by atoms with Crippen LogP contribution in [-0.4, -0.2) is 12.5 Å². The summed E-state index contributed by atoms with van der Waals surface area (Å²) in [6, 6.07) is 0. The number of carbonyl (C=O) groups excluding carboxylic acids is 1. The van der Waals surface area contributed by atoms with Gasteiger partial charge in [-0.05, 0) is 6.85 Å². The van der Waals surface area contributed by atoms with Crippen LogP contribution in [0.25, 0.3) is 0 Å². The molecule has 0 aliphatic rings. The quantitative estimate of drug-likeness (QED) is 0.404. The van der Waals surface area contributed by atoms with Crippen LogP contribution < -0.4 is 0 Å². The second kappa shape index (κ2) is 3.36. The molecule has 0 aromatic carbocycles. The van der Waals surface area contributed by atoms with E-state index in [1.54, 1.807) is 0 Å². The molecular weight excluding hydrogens is 104 g/mol. The molecule has 0 fully saturated rings. The second-order valence-corrected chi connectivity index (χ2v) is 1.49. The first-order chi connectivity index (χ1) is 5.58. The van der Waals surface area contributed by atoms with Gasteiger partial charge < -0.3 is 4.74 Å². The molecule has 0 aliphatic carbocycles. The Bertz CT molecular complexity index is 196. The Morgan fingerprint density at radius 1 is 2.00 bits per heavy atom. The minimum absolute atomic E-state index is 0.202.